The van der Waals surface area contributed by atoms with Crippen molar-refractivity contribution < 1.29 is 13.2 Å². The average molecular weight is 471 g/mol. The van der Waals surface area contributed by atoms with Crippen LogP contribution in [0.1, 0.15) is 52.5 Å². The molecule has 1 atom stereocenters. The monoisotopic (exact) mass is 470 g/mol. The van der Waals surface area contributed by atoms with Crippen LogP contribution in [0.15, 0.2) is 65.6 Å². The molecule has 3 aromatic rings. The summed E-state index contributed by atoms with van der Waals surface area (Å²) in [5.41, 5.74) is 4.69. The van der Waals surface area contributed by atoms with E-state index in [1.165, 1.54) is 23.8 Å². The summed E-state index contributed by atoms with van der Waals surface area (Å²) in [6.45, 7) is 7.73. The van der Waals surface area contributed by atoms with Gasteiger partial charge in [0.1, 0.15) is 4.90 Å². The van der Waals surface area contributed by atoms with Crippen molar-refractivity contribution in [2.24, 2.45) is 0 Å². The number of benzene rings is 3. The van der Waals surface area contributed by atoms with Crippen LogP contribution in [0.2, 0.25) is 5.02 Å². The van der Waals surface area contributed by atoms with Crippen molar-refractivity contribution in [3.8, 4) is 0 Å². The van der Waals surface area contributed by atoms with E-state index < -0.39 is 10.0 Å². The van der Waals surface area contributed by atoms with E-state index in [9.17, 15) is 13.2 Å². The number of carbonyl (C=O) groups is 1. The summed E-state index contributed by atoms with van der Waals surface area (Å²) >= 11 is 6.20. The molecule has 0 unspecified atom stereocenters. The maximum atomic E-state index is 13.0. The molecule has 0 aliphatic carbocycles. The van der Waals surface area contributed by atoms with Crippen molar-refractivity contribution in [2.45, 2.75) is 45.1 Å². The van der Waals surface area contributed by atoms with E-state index in [0.717, 1.165) is 23.1 Å². The molecular formula is C25H27ClN2O3S. The van der Waals surface area contributed by atoms with Crippen LogP contribution in [0, 0.1) is 13.8 Å². The van der Waals surface area contributed by atoms with Crippen LogP contribution in [0.25, 0.3) is 0 Å². The van der Waals surface area contributed by atoms with Gasteiger partial charge in [0, 0.05) is 5.56 Å². The number of halogens is 1. The summed E-state index contributed by atoms with van der Waals surface area (Å²) in [6, 6.07) is 17.4. The lowest BCUT2D eigenvalue weighted by Crippen LogP contribution is -2.27. The largest absolute Gasteiger partial charge is 0.346 e. The van der Waals surface area contributed by atoms with Gasteiger partial charge in [0.15, 0.2) is 0 Å². The third kappa shape index (κ3) is 5.50. The molecule has 0 radical (unpaired) electrons. The highest BCUT2D eigenvalue weighted by Gasteiger charge is 2.22. The van der Waals surface area contributed by atoms with E-state index in [2.05, 4.69) is 17.0 Å². The predicted octanol–water partition coefficient (Wildman–Crippen LogP) is 5.81. The molecule has 0 aromatic heterocycles. The van der Waals surface area contributed by atoms with Gasteiger partial charge in [-0.25, -0.2) is 8.42 Å². The van der Waals surface area contributed by atoms with Gasteiger partial charge in [-0.15, -0.1) is 0 Å². The van der Waals surface area contributed by atoms with Crippen LogP contribution in [-0.2, 0) is 16.4 Å². The topological polar surface area (TPSA) is 75.3 Å². The molecule has 7 heteroatoms. The number of nitrogens with one attached hydrogen (secondary N) is 2. The molecule has 32 heavy (non-hydrogen) atoms. The first kappa shape index (κ1) is 23.8. The minimum atomic E-state index is -3.99. The zero-order valence-electron chi connectivity index (χ0n) is 18.6. The first-order chi connectivity index (χ1) is 15.1. The standard InChI is InChI=1S/C25H27ClN2O3S/c1-5-19-7-9-20(10-8-19)18(4)27-25(29)21-11-12-22(26)24(15-21)32(30,31)28-23-13-6-16(2)14-17(23)3/h6-15,18,28H,5H2,1-4H3,(H,27,29)/t18-/m0/s1. The van der Waals surface area contributed by atoms with E-state index in [1.54, 1.807) is 6.07 Å². The summed E-state index contributed by atoms with van der Waals surface area (Å²) in [7, 11) is -3.99. The Hall–Kier alpha value is -2.83. The SMILES string of the molecule is CCc1ccc([C@H](C)NC(=O)c2ccc(Cl)c(S(=O)(=O)Nc3ccc(C)cc3C)c2)cc1. The van der Waals surface area contributed by atoms with Gasteiger partial charge in [-0.1, -0.05) is 60.5 Å². The highest BCUT2D eigenvalue weighted by molar-refractivity contribution is 7.92. The summed E-state index contributed by atoms with van der Waals surface area (Å²) in [4.78, 5) is 12.7. The van der Waals surface area contributed by atoms with E-state index in [0.29, 0.717) is 5.69 Å². The lowest BCUT2D eigenvalue weighted by atomic mass is 10.0. The van der Waals surface area contributed by atoms with E-state index in [1.807, 2.05) is 57.2 Å². The second kappa shape index (κ2) is 9.76. The Balaban J connectivity index is 1.82. The summed E-state index contributed by atoms with van der Waals surface area (Å²) in [5, 5.41) is 2.96. The van der Waals surface area contributed by atoms with Gasteiger partial charge in [-0.2, -0.15) is 0 Å². The lowest BCUT2D eigenvalue weighted by molar-refractivity contribution is 0.0939. The zero-order valence-corrected chi connectivity index (χ0v) is 20.1. The molecule has 0 saturated carbocycles. The molecule has 0 bridgehead atoms. The molecule has 3 rings (SSSR count). The third-order valence-electron chi connectivity index (χ3n) is 5.34. The minimum Gasteiger partial charge on any atom is -0.346 e. The summed E-state index contributed by atoms with van der Waals surface area (Å²) in [5.74, 6) is -0.378. The minimum absolute atomic E-state index is 0.0435. The molecule has 0 spiro atoms. The van der Waals surface area contributed by atoms with Gasteiger partial charge in [0.2, 0.25) is 0 Å². The molecule has 0 aliphatic heterocycles. The molecule has 0 heterocycles. The molecule has 0 saturated heterocycles. The lowest BCUT2D eigenvalue weighted by Gasteiger charge is -2.16. The maximum Gasteiger partial charge on any atom is 0.263 e. The molecule has 0 aliphatic rings. The first-order valence-corrected chi connectivity index (χ1v) is 12.3. The van der Waals surface area contributed by atoms with Gasteiger partial charge >= 0.3 is 0 Å². The number of sulfonamides is 1. The predicted molar refractivity (Wildman–Crippen MR) is 130 cm³/mol. The van der Waals surface area contributed by atoms with Crippen molar-refractivity contribution in [1.82, 2.24) is 5.32 Å². The normalized spacial score (nSPS) is 12.3. The Morgan fingerprint density at radius 1 is 1.00 bits per heavy atom. The summed E-state index contributed by atoms with van der Waals surface area (Å²) < 4.78 is 28.6. The van der Waals surface area contributed by atoms with Crippen LogP contribution in [-0.4, -0.2) is 14.3 Å². The van der Waals surface area contributed by atoms with Crippen LogP contribution in [0.3, 0.4) is 0 Å². The van der Waals surface area contributed by atoms with Crippen LogP contribution in [0.5, 0.6) is 0 Å². The second-order valence-corrected chi connectivity index (χ2v) is 9.92. The molecule has 168 valence electrons. The number of amides is 1. The van der Waals surface area contributed by atoms with Gasteiger partial charge < -0.3 is 5.32 Å². The van der Waals surface area contributed by atoms with Gasteiger partial charge in [-0.3, -0.25) is 9.52 Å². The quantitative estimate of drug-likeness (QED) is 0.457. The van der Waals surface area contributed by atoms with Crippen LogP contribution >= 0.6 is 11.6 Å². The van der Waals surface area contributed by atoms with Crippen LogP contribution < -0.4 is 10.0 Å². The van der Waals surface area contributed by atoms with Crippen molar-refractivity contribution in [3.63, 3.8) is 0 Å². The first-order valence-electron chi connectivity index (χ1n) is 10.4. The number of aryl methyl sites for hydroxylation is 3. The zero-order chi connectivity index (χ0) is 23.5. The van der Waals surface area contributed by atoms with Gasteiger partial charge in [0.25, 0.3) is 15.9 Å². The molecule has 5 nitrogen and oxygen atoms in total. The summed E-state index contributed by atoms with van der Waals surface area (Å²) in [6.07, 6.45) is 0.944. The Bertz CT molecular complexity index is 1240. The average Bonchev–Trinajstić information content (AvgIpc) is 2.75. The molecule has 0 fully saturated rings. The highest BCUT2D eigenvalue weighted by Crippen LogP contribution is 2.27. The molecule has 1 amide bonds. The maximum absolute atomic E-state index is 13.0. The number of rotatable bonds is 7. The Morgan fingerprint density at radius 3 is 2.31 bits per heavy atom. The smallest absolute Gasteiger partial charge is 0.263 e. The number of carbonyl (C=O) groups excluding carboxylic acids is 1. The number of hydrogen-bond donors (Lipinski definition) is 2. The van der Waals surface area contributed by atoms with Crippen molar-refractivity contribution in [2.75, 3.05) is 4.72 Å². The third-order valence-corrected chi connectivity index (χ3v) is 7.19. The van der Waals surface area contributed by atoms with Gasteiger partial charge in [0.05, 0.1) is 16.8 Å². The Morgan fingerprint density at radius 2 is 1.69 bits per heavy atom. The number of anilines is 1. The molecular weight excluding hydrogens is 444 g/mol. The fourth-order valence-corrected chi connectivity index (χ4v) is 5.04. The second-order valence-electron chi connectivity index (χ2n) is 7.86. The Labute approximate surface area is 194 Å². The van der Waals surface area contributed by atoms with E-state index in [4.69, 9.17) is 11.6 Å². The fourth-order valence-electron chi connectivity index (χ4n) is 3.38. The van der Waals surface area contributed by atoms with Crippen molar-refractivity contribution in [1.29, 1.82) is 0 Å². The highest BCUT2D eigenvalue weighted by atomic mass is 35.5. The van der Waals surface area contributed by atoms with Crippen molar-refractivity contribution >= 4 is 33.2 Å². The van der Waals surface area contributed by atoms with Gasteiger partial charge in [-0.05, 0) is 68.1 Å². The Kier molecular flexibility index (Phi) is 7.26. The van der Waals surface area contributed by atoms with E-state index >= 15 is 0 Å². The number of hydrogen-bond acceptors (Lipinski definition) is 3. The fraction of sp³-hybridized carbons (Fsp3) is 0.240. The van der Waals surface area contributed by atoms with Crippen LogP contribution in [0.4, 0.5) is 5.69 Å². The molecule has 3 aromatic carbocycles. The molecule has 2 N–H and O–H groups in total. The van der Waals surface area contributed by atoms with Crippen molar-refractivity contribution in [3.05, 3.63) is 93.5 Å². The van der Waals surface area contributed by atoms with E-state index in [-0.39, 0.29) is 27.4 Å².